The minimum Gasteiger partial charge on any atom is -0.311 e. The first-order valence-electron chi connectivity index (χ1n) is 8.43. The molecule has 1 aromatic rings. The molecule has 0 saturated carbocycles. The van der Waals surface area contributed by atoms with Crippen molar-refractivity contribution in [2.45, 2.75) is 53.5 Å². The molecule has 1 aliphatic heterocycles. The fourth-order valence-electron chi connectivity index (χ4n) is 3.27. The lowest BCUT2D eigenvalue weighted by Gasteiger charge is -2.29. The molecular formula is C18H32N2S. The molecule has 0 aromatic carbocycles. The molecular weight excluding hydrogens is 276 g/mol. The highest BCUT2D eigenvalue weighted by Gasteiger charge is 2.26. The summed E-state index contributed by atoms with van der Waals surface area (Å²) in [6, 6.07) is 2.21. The second-order valence-electron chi connectivity index (χ2n) is 7.54. The van der Waals surface area contributed by atoms with Crippen LogP contribution >= 0.6 is 11.3 Å². The summed E-state index contributed by atoms with van der Waals surface area (Å²) in [7, 11) is 0. The molecule has 3 heteroatoms. The minimum atomic E-state index is 0.477. The van der Waals surface area contributed by atoms with Gasteiger partial charge in [0.15, 0.2) is 0 Å². The van der Waals surface area contributed by atoms with Crippen LogP contribution in [0.5, 0.6) is 0 Å². The normalized spacial score (nSPS) is 21.4. The van der Waals surface area contributed by atoms with Crippen LogP contribution in [0, 0.1) is 18.3 Å². The Morgan fingerprint density at radius 2 is 2.10 bits per heavy atom. The minimum absolute atomic E-state index is 0.477. The SMILES string of the molecule is Cc1ccsc1CNCCN1CCCC(C(C)(C)C)CC1. The summed E-state index contributed by atoms with van der Waals surface area (Å²) < 4.78 is 0. The predicted octanol–water partition coefficient (Wildman–Crippen LogP) is 4.29. The number of nitrogens with one attached hydrogen (secondary N) is 1. The number of hydrogen-bond acceptors (Lipinski definition) is 3. The van der Waals surface area contributed by atoms with Crippen molar-refractivity contribution in [3.05, 3.63) is 21.9 Å². The van der Waals surface area contributed by atoms with Gasteiger partial charge >= 0.3 is 0 Å². The van der Waals surface area contributed by atoms with Crippen LogP contribution in [0.1, 0.15) is 50.5 Å². The van der Waals surface area contributed by atoms with Gasteiger partial charge in [0.1, 0.15) is 0 Å². The van der Waals surface area contributed by atoms with Crippen LogP contribution in [0.4, 0.5) is 0 Å². The van der Waals surface area contributed by atoms with Crippen molar-refractivity contribution < 1.29 is 0 Å². The molecule has 1 aromatic heterocycles. The van der Waals surface area contributed by atoms with E-state index in [1.54, 1.807) is 0 Å². The smallest absolute Gasteiger partial charge is 0.0302 e. The fourth-order valence-corrected chi connectivity index (χ4v) is 4.15. The molecule has 0 bridgehead atoms. The Morgan fingerprint density at radius 1 is 1.29 bits per heavy atom. The molecule has 0 amide bonds. The number of hydrogen-bond donors (Lipinski definition) is 1. The van der Waals surface area contributed by atoms with Crippen LogP contribution in [0.15, 0.2) is 11.4 Å². The number of rotatable bonds is 5. The van der Waals surface area contributed by atoms with Crippen LogP contribution in [0.3, 0.4) is 0 Å². The Kier molecular flexibility index (Phi) is 6.27. The van der Waals surface area contributed by atoms with Crippen molar-refractivity contribution in [2.24, 2.45) is 11.3 Å². The second kappa shape index (κ2) is 7.75. The van der Waals surface area contributed by atoms with E-state index >= 15 is 0 Å². The third-order valence-corrected chi connectivity index (χ3v) is 5.93. The van der Waals surface area contributed by atoms with Gasteiger partial charge in [0.05, 0.1) is 0 Å². The van der Waals surface area contributed by atoms with E-state index in [0.29, 0.717) is 5.41 Å². The van der Waals surface area contributed by atoms with Gasteiger partial charge in [-0.25, -0.2) is 0 Å². The lowest BCUT2D eigenvalue weighted by atomic mass is 9.77. The molecule has 1 saturated heterocycles. The topological polar surface area (TPSA) is 15.3 Å². The maximum atomic E-state index is 3.61. The number of nitrogens with zero attached hydrogens (tertiary/aromatic N) is 1. The largest absolute Gasteiger partial charge is 0.311 e. The van der Waals surface area contributed by atoms with Crippen LogP contribution in [0.2, 0.25) is 0 Å². The van der Waals surface area contributed by atoms with E-state index in [0.717, 1.165) is 19.0 Å². The van der Waals surface area contributed by atoms with Crippen molar-refractivity contribution in [1.82, 2.24) is 10.2 Å². The van der Waals surface area contributed by atoms with E-state index in [1.165, 1.54) is 49.3 Å². The zero-order valence-electron chi connectivity index (χ0n) is 14.2. The van der Waals surface area contributed by atoms with E-state index in [-0.39, 0.29) is 0 Å². The van der Waals surface area contributed by atoms with Crippen LogP contribution in [-0.4, -0.2) is 31.1 Å². The predicted molar refractivity (Wildman–Crippen MR) is 94.0 cm³/mol. The summed E-state index contributed by atoms with van der Waals surface area (Å²) in [4.78, 5) is 4.14. The Labute approximate surface area is 134 Å². The summed E-state index contributed by atoms with van der Waals surface area (Å²) in [5, 5.41) is 5.79. The quantitative estimate of drug-likeness (QED) is 0.816. The van der Waals surface area contributed by atoms with Crippen molar-refractivity contribution in [3.8, 4) is 0 Å². The monoisotopic (exact) mass is 308 g/mol. The highest BCUT2D eigenvalue weighted by Crippen LogP contribution is 2.34. The first-order chi connectivity index (χ1) is 9.97. The fraction of sp³-hybridized carbons (Fsp3) is 0.778. The van der Waals surface area contributed by atoms with Gasteiger partial charge in [-0.1, -0.05) is 20.8 Å². The molecule has 1 unspecified atom stereocenters. The van der Waals surface area contributed by atoms with Crippen LogP contribution < -0.4 is 5.32 Å². The van der Waals surface area contributed by atoms with E-state index < -0.39 is 0 Å². The van der Waals surface area contributed by atoms with Gasteiger partial charge < -0.3 is 10.2 Å². The Bertz CT molecular complexity index is 419. The van der Waals surface area contributed by atoms with Gasteiger partial charge in [0.25, 0.3) is 0 Å². The molecule has 1 aliphatic rings. The van der Waals surface area contributed by atoms with Crippen molar-refractivity contribution in [1.29, 1.82) is 0 Å². The summed E-state index contributed by atoms with van der Waals surface area (Å²) in [5.74, 6) is 0.893. The zero-order chi connectivity index (χ0) is 15.3. The molecule has 2 nitrogen and oxygen atoms in total. The molecule has 120 valence electrons. The summed E-state index contributed by atoms with van der Waals surface area (Å²) in [6.45, 7) is 15.3. The van der Waals surface area contributed by atoms with E-state index in [4.69, 9.17) is 0 Å². The summed E-state index contributed by atoms with van der Waals surface area (Å²) in [5.41, 5.74) is 1.90. The summed E-state index contributed by atoms with van der Waals surface area (Å²) in [6.07, 6.45) is 4.14. The van der Waals surface area contributed by atoms with Gasteiger partial charge in [0, 0.05) is 24.5 Å². The van der Waals surface area contributed by atoms with E-state index in [2.05, 4.69) is 49.4 Å². The van der Waals surface area contributed by atoms with Gasteiger partial charge in [0.2, 0.25) is 0 Å². The Hall–Kier alpha value is -0.380. The van der Waals surface area contributed by atoms with Crippen molar-refractivity contribution >= 4 is 11.3 Å². The van der Waals surface area contributed by atoms with E-state index in [9.17, 15) is 0 Å². The highest BCUT2D eigenvalue weighted by atomic mass is 32.1. The third-order valence-electron chi connectivity index (χ3n) is 4.90. The lowest BCUT2D eigenvalue weighted by Crippen LogP contribution is -2.33. The van der Waals surface area contributed by atoms with Gasteiger partial charge in [-0.15, -0.1) is 11.3 Å². The van der Waals surface area contributed by atoms with Crippen LogP contribution in [-0.2, 0) is 6.54 Å². The molecule has 0 aliphatic carbocycles. The molecule has 0 spiro atoms. The first-order valence-corrected chi connectivity index (χ1v) is 9.31. The van der Waals surface area contributed by atoms with E-state index in [1.807, 2.05) is 11.3 Å². The van der Waals surface area contributed by atoms with Gasteiger partial charge in [-0.3, -0.25) is 0 Å². The Morgan fingerprint density at radius 3 is 2.76 bits per heavy atom. The molecule has 2 heterocycles. The average Bonchev–Trinajstić information content (AvgIpc) is 2.68. The number of aryl methyl sites for hydroxylation is 1. The molecule has 1 atom stereocenters. The van der Waals surface area contributed by atoms with Gasteiger partial charge in [-0.2, -0.15) is 0 Å². The molecule has 1 N–H and O–H groups in total. The molecule has 0 radical (unpaired) electrons. The highest BCUT2D eigenvalue weighted by molar-refractivity contribution is 7.10. The number of thiophene rings is 1. The first kappa shape index (κ1) is 17.0. The lowest BCUT2D eigenvalue weighted by molar-refractivity contribution is 0.208. The standard InChI is InChI=1S/C18H32N2S/c1-15-8-13-21-17(15)14-19-9-12-20-10-5-6-16(7-11-20)18(2,3)4/h8,13,16,19H,5-7,9-12,14H2,1-4H3. The molecule has 2 rings (SSSR count). The molecule has 1 fully saturated rings. The summed E-state index contributed by atoms with van der Waals surface area (Å²) >= 11 is 1.87. The average molecular weight is 309 g/mol. The Balaban J connectivity index is 1.66. The zero-order valence-corrected chi connectivity index (χ0v) is 15.1. The number of likely N-dealkylation sites (tertiary alicyclic amines) is 1. The second-order valence-corrected chi connectivity index (χ2v) is 8.54. The van der Waals surface area contributed by atoms with Gasteiger partial charge in [-0.05, 0) is 67.6 Å². The van der Waals surface area contributed by atoms with Crippen molar-refractivity contribution in [3.63, 3.8) is 0 Å². The molecule has 21 heavy (non-hydrogen) atoms. The van der Waals surface area contributed by atoms with Crippen molar-refractivity contribution in [2.75, 3.05) is 26.2 Å². The van der Waals surface area contributed by atoms with Crippen LogP contribution in [0.25, 0.3) is 0 Å². The maximum Gasteiger partial charge on any atom is 0.0302 e. The maximum absolute atomic E-state index is 3.61. The third kappa shape index (κ3) is 5.39.